The number of fused-ring (bicyclic) bond motifs is 4. The summed E-state index contributed by atoms with van der Waals surface area (Å²) < 4.78 is 11.4. The van der Waals surface area contributed by atoms with Gasteiger partial charge in [0.05, 0.1) is 12.0 Å². The molecule has 0 saturated carbocycles. The molecule has 28 heavy (non-hydrogen) atoms. The van der Waals surface area contributed by atoms with Crippen LogP contribution in [-0.4, -0.2) is 23.0 Å². The molecule has 7 heteroatoms. The molecule has 3 aromatic rings. The summed E-state index contributed by atoms with van der Waals surface area (Å²) in [5, 5.41) is 13.1. The van der Waals surface area contributed by atoms with Crippen molar-refractivity contribution in [2.24, 2.45) is 0 Å². The van der Waals surface area contributed by atoms with Gasteiger partial charge in [0.2, 0.25) is 5.91 Å². The molecule has 2 N–H and O–H groups in total. The van der Waals surface area contributed by atoms with E-state index < -0.39 is 23.5 Å². The van der Waals surface area contributed by atoms with Crippen LogP contribution in [0.25, 0.3) is 21.9 Å². The lowest BCUT2D eigenvalue weighted by atomic mass is 9.94. The molecule has 146 valence electrons. The largest absolute Gasteiger partial charge is 0.480 e. The number of hydrogen-bond acceptors (Lipinski definition) is 5. The molecule has 0 unspecified atom stereocenters. The molecule has 1 aromatic carbocycles. The number of aliphatic carboxylic acids is 1. The number of carbonyl (C=O) groups is 2. The third-order valence-corrected chi connectivity index (χ3v) is 5.45. The number of carboxylic acid groups (broad SMARTS) is 1. The number of aryl methyl sites for hydroxylation is 3. The average Bonchev–Trinajstić information content (AvgIpc) is 3.01. The molecule has 0 radical (unpaired) electrons. The van der Waals surface area contributed by atoms with E-state index in [1.165, 1.54) is 12.5 Å². The van der Waals surface area contributed by atoms with Gasteiger partial charge in [0.25, 0.3) is 0 Å². The molecule has 0 bridgehead atoms. The third kappa shape index (κ3) is 3.06. The lowest BCUT2D eigenvalue weighted by Crippen LogP contribution is -2.39. The summed E-state index contributed by atoms with van der Waals surface area (Å²) in [7, 11) is 0. The van der Waals surface area contributed by atoms with Gasteiger partial charge in [-0.05, 0) is 44.7 Å². The summed E-state index contributed by atoms with van der Waals surface area (Å²) in [5.41, 5.74) is 2.64. The van der Waals surface area contributed by atoms with Crippen LogP contribution in [0.1, 0.15) is 42.2 Å². The molecule has 0 fully saturated rings. The predicted molar refractivity (Wildman–Crippen MR) is 103 cm³/mol. The fraction of sp³-hybridized carbons (Fsp3) is 0.381. The van der Waals surface area contributed by atoms with Crippen molar-refractivity contribution in [1.82, 2.24) is 5.32 Å². The predicted octanol–water partition coefficient (Wildman–Crippen LogP) is 2.86. The van der Waals surface area contributed by atoms with Crippen molar-refractivity contribution < 1.29 is 23.5 Å². The van der Waals surface area contributed by atoms with E-state index in [9.17, 15) is 14.4 Å². The quantitative estimate of drug-likeness (QED) is 0.671. The van der Waals surface area contributed by atoms with Crippen LogP contribution in [0, 0.1) is 6.92 Å². The Morgan fingerprint density at radius 2 is 1.86 bits per heavy atom. The minimum absolute atomic E-state index is 0.233. The molecular weight excluding hydrogens is 362 g/mol. The van der Waals surface area contributed by atoms with Crippen LogP contribution in [0.15, 0.2) is 25.8 Å². The second kappa shape index (κ2) is 6.82. The topological polar surface area (TPSA) is 110 Å². The molecule has 1 aliphatic rings. The molecule has 4 rings (SSSR count). The molecule has 7 nitrogen and oxygen atoms in total. The Kier molecular flexibility index (Phi) is 4.45. The molecule has 1 aliphatic carbocycles. The van der Waals surface area contributed by atoms with E-state index >= 15 is 0 Å². The van der Waals surface area contributed by atoms with Crippen molar-refractivity contribution in [2.45, 2.75) is 52.0 Å². The molecule has 0 spiro atoms. The standard InChI is InChI=1S/C21H21NO6/c1-10-13-7-15-12-5-3-4-6-16(12)27-18(15)9-17(13)28-21(26)14(10)8-19(23)22-11(2)20(24)25/h7,9,11H,3-6,8H2,1-2H3,(H,22,23)(H,24,25)/t11-/m0/s1. The van der Waals surface area contributed by atoms with Gasteiger partial charge in [-0.2, -0.15) is 0 Å². The first kappa shape index (κ1) is 18.3. The zero-order valence-electron chi connectivity index (χ0n) is 15.8. The fourth-order valence-corrected chi connectivity index (χ4v) is 3.86. The van der Waals surface area contributed by atoms with E-state index in [0.717, 1.165) is 42.2 Å². The zero-order chi connectivity index (χ0) is 20.0. The molecule has 2 heterocycles. The first-order valence-electron chi connectivity index (χ1n) is 9.38. The van der Waals surface area contributed by atoms with Crippen molar-refractivity contribution in [1.29, 1.82) is 0 Å². The van der Waals surface area contributed by atoms with E-state index in [4.69, 9.17) is 13.9 Å². The van der Waals surface area contributed by atoms with Gasteiger partial charge in [0, 0.05) is 28.8 Å². The van der Waals surface area contributed by atoms with Gasteiger partial charge in [-0.3, -0.25) is 9.59 Å². The molecule has 0 saturated heterocycles. The SMILES string of the molecule is Cc1c(CC(=O)N[C@@H](C)C(=O)O)c(=O)oc2cc3oc4c(c3cc12)CCCC4. The first-order valence-corrected chi connectivity index (χ1v) is 9.38. The highest BCUT2D eigenvalue weighted by Gasteiger charge is 2.22. The van der Waals surface area contributed by atoms with Crippen LogP contribution in [0.5, 0.6) is 0 Å². The Balaban J connectivity index is 1.78. The molecule has 2 aromatic heterocycles. The lowest BCUT2D eigenvalue weighted by molar-refractivity contribution is -0.141. The van der Waals surface area contributed by atoms with Crippen LogP contribution in [0.2, 0.25) is 0 Å². The zero-order valence-corrected chi connectivity index (χ0v) is 15.8. The van der Waals surface area contributed by atoms with Gasteiger partial charge < -0.3 is 19.3 Å². The number of rotatable bonds is 4. The number of benzene rings is 1. The lowest BCUT2D eigenvalue weighted by Gasteiger charge is -2.11. The summed E-state index contributed by atoms with van der Waals surface area (Å²) in [5.74, 6) is -0.673. The maximum atomic E-state index is 12.4. The van der Waals surface area contributed by atoms with E-state index in [-0.39, 0.29) is 12.0 Å². The first-order chi connectivity index (χ1) is 13.3. The van der Waals surface area contributed by atoms with Crippen molar-refractivity contribution in [3.8, 4) is 0 Å². The number of amides is 1. The molecular formula is C21H21NO6. The number of hydrogen-bond donors (Lipinski definition) is 2. The number of furan rings is 1. The maximum Gasteiger partial charge on any atom is 0.340 e. The highest BCUT2D eigenvalue weighted by molar-refractivity contribution is 5.97. The van der Waals surface area contributed by atoms with Gasteiger partial charge >= 0.3 is 11.6 Å². The smallest absolute Gasteiger partial charge is 0.340 e. The number of carbonyl (C=O) groups excluding carboxylic acids is 1. The normalized spacial score (nSPS) is 14.8. The minimum atomic E-state index is -1.14. The molecule has 1 amide bonds. The minimum Gasteiger partial charge on any atom is -0.480 e. The van der Waals surface area contributed by atoms with Gasteiger partial charge in [-0.25, -0.2) is 4.79 Å². The molecule has 1 atom stereocenters. The highest BCUT2D eigenvalue weighted by Crippen LogP contribution is 2.35. The Bertz CT molecular complexity index is 1170. The molecule has 0 aliphatic heterocycles. The second-order valence-electron chi connectivity index (χ2n) is 7.35. The average molecular weight is 383 g/mol. The summed E-state index contributed by atoms with van der Waals surface area (Å²) in [4.78, 5) is 35.5. The van der Waals surface area contributed by atoms with Crippen LogP contribution in [-0.2, 0) is 28.9 Å². The third-order valence-electron chi connectivity index (χ3n) is 5.45. The summed E-state index contributed by atoms with van der Waals surface area (Å²) >= 11 is 0. The number of carboxylic acids is 1. The van der Waals surface area contributed by atoms with E-state index in [1.807, 2.05) is 6.07 Å². The van der Waals surface area contributed by atoms with E-state index in [2.05, 4.69) is 5.32 Å². The highest BCUT2D eigenvalue weighted by atomic mass is 16.4. The summed E-state index contributed by atoms with van der Waals surface area (Å²) in [6.07, 6.45) is 3.87. The monoisotopic (exact) mass is 383 g/mol. The second-order valence-corrected chi connectivity index (χ2v) is 7.35. The van der Waals surface area contributed by atoms with Crippen molar-refractivity contribution in [3.63, 3.8) is 0 Å². The Hall–Kier alpha value is -3.09. The van der Waals surface area contributed by atoms with Crippen molar-refractivity contribution >= 4 is 33.8 Å². The van der Waals surface area contributed by atoms with Crippen LogP contribution in [0.4, 0.5) is 0 Å². The van der Waals surface area contributed by atoms with Crippen LogP contribution >= 0.6 is 0 Å². The van der Waals surface area contributed by atoms with Gasteiger partial charge in [-0.15, -0.1) is 0 Å². The Morgan fingerprint density at radius 3 is 2.61 bits per heavy atom. The van der Waals surface area contributed by atoms with Crippen molar-refractivity contribution in [2.75, 3.05) is 0 Å². The maximum absolute atomic E-state index is 12.4. The number of nitrogens with one attached hydrogen (secondary N) is 1. The summed E-state index contributed by atoms with van der Waals surface area (Å²) in [6, 6.07) is 2.68. The van der Waals surface area contributed by atoms with Crippen LogP contribution in [0.3, 0.4) is 0 Å². The van der Waals surface area contributed by atoms with Crippen LogP contribution < -0.4 is 10.9 Å². The van der Waals surface area contributed by atoms with Gasteiger partial charge in [0.1, 0.15) is 23.0 Å². The van der Waals surface area contributed by atoms with Gasteiger partial charge in [0.15, 0.2) is 0 Å². The fourth-order valence-electron chi connectivity index (χ4n) is 3.86. The van der Waals surface area contributed by atoms with Gasteiger partial charge in [-0.1, -0.05) is 0 Å². The van der Waals surface area contributed by atoms with E-state index in [0.29, 0.717) is 16.7 Å². The Labute approximate surface area is 160 Å². The Morgan fingerprint density at radius 1 is 1.14 bits per heavy atom. The van der Waals surface area contributed by atoms with E-state index in [1.54, 1.807) is 13.0 Å². The van der Waals surface area contributed by atoms with Crippen molar-refractivity contribution in [3.05, 3.63) is 45.0 Å². The summed E-state index contributed by atoms with van der Waals surface area (Å²) in [6.45, 7) is 3.15.